The van der Waals surface area contributed by atoms with Crippen LogP contribution in [0.2, 0.25) is 0 Å². The minimum absolute atomic E-state index is 0.0523. The number of para-hydroxylation sites is 2. The Morgan fingerprint density at radius 3 is 1.55 bits per heavy atom. The van der Waals surface area contributed by atoms with E-state index in [0.29, 0.717) is 49.6 Å². The van der Waals surface area contributed by atoms with Gasteiger partial charge in [0.1, 0.15) is 0 Å². The quantitative estimate of drug-likeness (QED) is 0.166. The molecular formula is C47H23F9N4. The molecule has 13 heteroatoms. The van der Waals surface area contributed by atoms with Crippen molar-refractivity contribution in [3.05, 3.63) is 167 Å². The number of benzene rings is 7. The first-order valence-electron chi connectivity index (χ1n) is 18.1. The normalized spacial score (nSPS) is 12.4. The predicted octanol–water partition coefficient (Wildman–Crippen LogP) is 14.0. The largest absolute Gasteiger partial charge is 0.417 e. The zero-order valence-electron chi connectivity index (χ0n) is 30.5. The Kier molecular flexibility index (Phi) is 8.58. The van der Waals surface area contributed by atoms with Gasteiger partial charge in [0.05, 0.1) is 67.7 Å². The predicted molar refractivity (Wildman–Crippen MR) is 210 cm³/mol. The minimum atomic E-state index is -4.88. The molecule has 2 heterocycles. The van der Waals surface area contributed by atoms with E-state index in [4.69, 9.17) is 0 Å². The molecule has 60 heavy (non-hydrogen) atoms. The van der Waals surface area contributed by atoms with Gasteiger partial charge in [-0.15, -0.1) is 0 Å². The molecule has 0 unspecified atom stereocenters. The second kappa shape index (κ2) is 13.5. The van der Waals surface area contributed by atoms with Gasteiger partial charge in [-0.3, -0.25) is 0 Å². The van der Waals surface area contributed by atoms with Gasteiger partial charge in [0.15, 0.2) is 0 Å². The Morgan fingerprint density at radius 1 is 0.417 bits per heavy atom. The molecule has 9 aromatic rings. The van der Waals surface area contributed by atoms with E-state index in [-0.39, 0.29) is 38.8 Å². The van der Waals surface area contributed by atoms with E-state index >= 15 is 0 Å². The number of halogens is 9. The molecular weight excluding hydrogens is 792 g/mol. The highest BCUT2D eigenvalue weighted by Crippen LogP contribution is 2.45. The summed E-state index contributed by atoms with van der Waals surface area (Å²) in [5.74, 6) is 0. The summed E-state index contributed by atoms with van der Waals surface area (Å²) in [5, 5.41) is 21.5. The number of hydrogen-bond donors (Lipinski definition) is 0. The first-order chi connectivity index (χ1) is 28.6. The number of nitrogens with zero attached hydrogens (tertiary/aromatic N) is 4. The molecule has 0 aliphatic carbocycles. The lowest BCUT2D eigenvalue weighted by atomic mass is 9.91. The Morgan fingerprint density at radius 2 is 0.983 bits per heavy atom. The first-order valence-corrected chi connectivity index (χ1v) is 18.1. The maximum absolute atomic E-state index is 14.6. The third-order valence-corrected chi connectivity index (χ3v) is 10.7. The van der Waals surface area contributed by atoms with E-state index in [1.165, 1.54) is 48.5 Å². The fourth-order valence-electron chi connectivity index (χ4n) is 8.04. The lowest BCUT2D eigenvalue weighted by molar-refractivity contribution is -0.138. The fraction of sp³-hybridized carbons (Fsp3) is 0.0638. The second-order valence-electron chi connectivity index (χ2n) is 14.1. The van der Waals surface area contributed by atoms with Crippen LogP contribution in [0.1, 0.15) is 27.8 Å². The van der Waals surface area contributed by atoms with Gasteiger partial charge in [-0.25, -0.2) is 0 Å². The highest BCUT2D eigenvalue weighted by molar-refractivity contribution is 6.11. The van der Waals surface area contributed by atoms with Crippen LogP contribution in [0, 0.1) is 22.7 Å². The van der Waals surface area contributed by atoms with E-state index in [1.807, 2.05) is 0 Å². The molecule has 0 N–H and O–H groups in total. The lowest BCUT2D eigenvalue weighted by Crippen LogP contribution is -2.08. The summed E-state index contributed by atoms with van der Waals surface area (Å²) in [5.41, 5.74) is -0.321. The standard InChI is InChI=1S/C47H23F9N4/c48-45(49,50)29-12-17-42-37(21-29)33-5-1-3-7-40(33)59(42)31-14-10-28(25-58)35(23-31)36-20-27(32-15-9-26(24-57)19-39(32)47(54,55)56)11-16-43(36)60-41-8-4-2-6-34(41)38-22-30(46(51,52)53)13-18-44(38)60/h1-23H. The van der Waals surface area contributed by atoms with E-state index in [9.17, 15) is 50.0 Å². The summed E-state index contributed by atoms with van der Waals surface area (Å²) in [7, 11) is 0. The summed E-state index contributed by atoms with van der Waals surface area (Å²) in [6.07, 6.45) is -14.2. The zero-order chi connectivity index (χ0) is 42.3. The first kappa shape index (κ1) is 38.0. The van der Waals surface area contributed by atoms with Crippen LogP contribution in [0.3, 0.4) is 0 Å². The van der Waals surface area contributed by atoms with Crippen LogP contribution < -0.4 is 0 Å². The van der Waals surface area contributed by atoms with Crippen molar-refractivity contribution in [2.75, 3.05) is 0 Å². The molecule has 2 aromatic heterocycles. The SMILES string of the molecule is N#Cc1ccc(-c2ccc(-n3c4ccccc4c4cc(C(F)(F)F)ccc43)c(-c3cc(-n4c5ccccc5c5cc(C(F)(F)F)ccc54)ccc3C#N)c2)c(C(F)(F)F)c1. The molecule has 0 aliphatic rings. The van der Waals surface area contributed by atoms with E-state index < -0.39 is 35.2 Å². The smallest absolute Gasteiger partial charge is 0.309 e. The topological polar surface area (TPSA) is 57.4 Å². The van der Waals surface area contributed by atoms with Crippen molar-refractivity contribution in [1.82, 2.24) is 9.13 Å². The summed E-state index contributed by atoms with van der Waals surface area (Å²) in [4.78, 5) is 0. The second-order valence-corrected chi connectivity index (χ2v) is 14.1. The molecule has 0 radical (unpaired) electrons. The van der Waals surface area contributed by atoms with E-state index in [2.05, 4.69) is 6.07 Å². The van der Waals surface area contributed by atoms with Gasteiger partial charge in [-0.2, -0.15) is 50.0 Å². The molecule has 0 aliphatic heterocycles. The van der Waals surface area contributed by atoms with Gasteiger partial charge < -0.3 is 9.13 Å². The molecule has 7 aromatic carbocycles. The number of hydrogen-bond acceptors (Lipinski definition) is 2. The third-order valence-electron chi connectivity index (χ3n) is 10.7. The molecule has 0 bridgehead atoms. The minimum Gasteiger partial charge on any atom is -0.309 e. The Hall–Kier alpha value is -7.51. The van der Waals surface area contributed by atoms with Gasteiger partial charge >= 0.3 is 18.5 Å². The van der Waals surface area contributed by atoms with Crippen LogP contribution in [0.5, 0.6) is 0 Å². The van der Waals surface area contributed by atoms with Crippen molar-refractivity contribution in [2.24, 2.45) is 0 Å². The molecule has 0 spiro atoms. The number of fused-ring (bicyclic) bond motifs is 6. The number of alkyl halides is 9. The van der Waals surface area contributed by atoms with Gasteiger partial charge in [-0.05, 0) is 102 Å². The van der Waals surface area contributed by atoms with E-state index in [0.717, 1.165) is 30.3 Å². The number of rotatable bonds is 4. The fourth-order valence-corrected chi connectivity index (χ4v) is 8.04. The zero-order valence-corrected chi connectivity index (χ0v) is 30.5. The van der Waals surface area contributed by atoms with Crippen molar-refractivity contribution < 1.29 is 39.5 Å². The molecule has 0 fully saturated rings. The van der Waals surface area contributed by atoms with Crippen LogP contribution in [-0.2, 0) is 18.5 Å². The Bertz CT molecular complexity index is 3310. The van der Waals surface area contributed by atoms with Crippen molar-refractivity contribution >= 4 is 43.6 Å². The summed E-state index contributed by atoms with van der Waals surface area (Å²) in [6.45, 7) is 0. The lowest BCUT2D eigenvalue weighted by Gasteiger charge is -2.20. The summed E-state index contributed by atoms with van der Waals surface area (Å²) in [6, 6.07) is 36.4. The summed E-state index contributed by atoms with van der Waals surface area (Å²) < 4.78 is 131. The average Bonchev–Trinajstić information content (AvgIpc) is 3.74. The van der Waals surface area contributed by atoms with Crippen molar-refractivity contribution in [3.63, 3.8) is 0 Å². The molecule has 4 nitrogen and oxygen atoms in total. The van der Waals surface area contributed by atoms with Crippen molar-refractivity contribution in [2.45, 2.75) is 18.5 Å². The molecule has 0 saturated carbocycles. The van der Waals surface area contributed by atoms with Crippen LogP contribution in [0.15, 0.2) is 140 Å². The number of aromatic nitrogens is 2. The molecule has 294 valence electrons. The molecule has 0 atom stereocenters. The average molecular weight is 815 g/mol. The van der Waals surface area contributed by atoms with Crippen LogP contribution in [0.25, 0.3) is 77.2 Å². The number of nitriles is 2. The Labute approximate surface area is 333 Å². The van der Waals surface area contributed by atoms with Crippen molar-refractivity contribution in [3.8, 4) is 45.8 Å². The highest BCUT2D eigenvalue weighted by atomic mass is 19.4. The monoisotopic (exact) mass is 814 g/mol. The molecule has 0 amide bonds. The van der Waals surface area contributed by atoms with Gasteiger partial charge in [-0.1, -0.05) is 48.5 Å². The molecule has 0 saturated heterocycles. The summed E-state index contributed by atoms with van der Waals surface area (Å²) >= 11 is 0. The maximum Gasteiger partial charge on any atom is 0.417 e. The maximum atomic E-state index is 14.6. The van der Waals surface area contributed by atoms with Crippen LogP contribution in [0.4, 0.5) is 39.5 Å². The van der Waals surface area contributed by atoms with Gasteiger partial charge in [0.2, 0.25) is 0 Å². The van der Waals surface area contributed by atoms with Gasteiger partial charge in [0.25, 0.3) is 0 Å². The third kappa shape index (κ3) is 6.18. The van der Waals surface area contributed by atoms with Gasteiger partial charge in [0, 0.05) is 38.4 Å². The molecule has 9 rings (SSSR count). The van der Waals surface area contributed by atoms with E-state index in [1.54, 1.807) is 75.9 Å². The Balaban J connectivity index is 1.37. The van der Waals surface area contributed by atoms with Crippen LogP contribution >= 0.6 is 0 Å². The van der Waals surface area contributed by atoms with Crippen molar-refractivity contribution in [1.29, 1.82) is 10.5 Å². The van der Waals surface area contributed by atoms with Crippen LogP contribution in [-0.4, -0.2) is 9.13 Å². The highest BCUT2D eigenvalue weighted by Gasteiger charge is 2.35.